The Morgan fingerprint density at radius 2 is 2.19 bits per heavy atom. The van der Waals surface area contributed by atoms with Crippen molar-refractivity contribution in [2.45, 2.75) is 44.1 Å². The van der Waals surface area contributed by atoms with Crippen molar-refractivity contribution in [3.05, 3.63) is 41.6 Å². The van der Waals surface area contributed by atoms with E-state index in [0.29, 0.717) is 18.3 Å². The van der Waals surface area contributed by atoms with E-state index in [0.717, 1.165) is 43.4 Å². The van der Waals surface area contributed by atoms with Gasteiger partial charge in [-0.2, -0.15) is 0 Å². The smallest absolute Gasteiger partial charge is 0.224 e. The lowest BCUT2D eigenvalue weighted by molar-refractivity contribution is -0.133. The molecule has 2 N–H and O–H groups in total. The molecule has 0 unspecified atom stereocenters. The van der Waals surface area contributed by atoms with Gasteiger partial charge in [0.05, 0.1) is 5.52 Å². The van der Waals surface area contributed by atoms with Crippen molar-refractivity contribution < 1.29 is 4.79 Å². The lowest BCUT2D eigenvalue weighted by atomic mass is 9.83. The molecule has 1 aliphatic carbocycles. The number of rotatable bonds is 4. The first kappa shape index (κ1) is 18.1. The summed E-state index contributed by atoms with van der Waals surface area (Å²) in [5.74, 6) is 1.01. The van der Waals surface area contributed by atoms with Crippen LogP contribution >= 0.6 is 0 Å². The number of piperidine rings is 1. The number of carbonyl (C=O) groups excluding carboxylic acids is 1. The van der Waals surface area contributed by atoms with E-state index in [2.05, 4.69) is 35.1 Å². The van der Waals surface area contributed by atoms with Gasteiger partial charge in [-0.3, -0.25) is 14.8 Å². The first-order valence-corrected chi connectivity index (χ1v) is 9.85. The Balaban J connectivity index is 1.64. The van der Waals surface area contributed by atoms with Crippen LogP contribution in [0.4, 0.5) is 0 Å². The van der Waals surface area contributed by atoms with E-state index in [1.807, 2.05) is 23.4 Å². The van der Waals surface area contributed by atoms with Crippen LogP contribution < -0.4 is 5.73 Å². The molecule has 1 aliphatic heterocycles. The summed E-state index contributed by atoms with van der Waals surface area (Å²) in [5, 5.41) is 1.17. The number of nitrogens with two attached hydrogens (primary N) is 1. The van der Waals surface area contributed by atoms with Crippen molar-refractivity contribution in [2.24, 2.45) is 16.6 Å². The van der Waals surface area contributed by atoms with Gasteiger partial charge < -0.3 is 10.6 Å². The Morgan fingerprint density at radius 3 is 2.93 bits per heavy atom. The summed E-state index contributed by atoms with van der Waals surface area (Å²) in [6, 6.07) is 8.41. The van der Waals surface area contributed by atoms with Crippen LogP contribution in [0.2, 0.25) is 0 Å². The first-order chi connectivity index (χ1) is 13.0. The van der Waals surface area contributed by atoms with E-state index in [1.165, 1.54) is 10.9 Å². The summed E-state index contributed by atoms with van der Waals surface area (Å²) in [5.41, 5.74) is 9.25. The molecular weight excluding hydrogens is 336 g/mol. The third kappa shape index (κ3) is 3.74. The molecule has 1 saturated heterocycles. The highest BCUT2D eigenvalue weighted by Gasteiger charge is 2.42. The summed E-state index contributed by atoms with van der Waals surface area (Å²) in [4.78, 5) is 23.6. The lowest BCUT2D eigenvalue weighted by Crippen LogP contribution is -2.44. The summed E-state index contributed by atoms with van der Waals surface area (Å²) in [6.45, 7) is 3.84. The molecule has 27 heavy (non-hydrogen) atoms. The van der Waals surface area contributed by atoms with Crippen LogP contribution in [-0.4, -0.2) is 47.7 Å². The van der Waals surface area contributed by atoms with Crippen molar-refractivity contribution in [2.75, 3.05) is 20.1 Å². The monoisotopic (exact) mass is 364 g/mol. The third-order valence-electron chi connectivity index (χ3n) is 5.95. The van der Waals surface area contributed by atoms with Crippen LogP contribution in [0.1, 0.15) is 49.7 Å². The number of aliphatic imine (C=N–C) groups is 1. The fourth-order valence-corrected chi connectivity index (χ4v) is 4.35. The number of amides is 1. The van der Waals surface area contributed by atoms with E-state index in [-0.39, 0.29) is 11.4 Å². The number of fused-ring (bicyclic) bond motifs is 1. The molecule has 5 heteroatoms. The SMILES string of the molecule is C/N=C\c1ccc([C@H]2C[C@H](C)CN(C(=O)CC3(N)CC3)C2)c2cccnc12. The van der Waals surface area contributed by atoms with E-state index in [9.17, 15) is 4.79 Å². The number of carbonyl (C=O) groups is 1. The fraction of sp³-hybridized carbons (Fsp3) is 0.500. The normalized spacial score (nSPS) is 24.5. The fourth-order valence-electron chi connectivity index (χ4n) is 4.35. The number of pyridine rings is 1. The molecule has 1 aromatic heterocycles. The Labute approximate surface area is 160 Å². The van der Waals surface area contributed by atoms with Gasteiger partial charge in [0.15, 0.2) is 0 Å². The van der Waals surface area contributed by atoms with Crippen LogP contribution in [0.15, 0.2) is 35.5 Å². The number of benzene rings is 1. The maximum absolute atomic E-state index is 12.8. The second-order valence-corrected chi connectivity index (χ2v) is 8.41. The summed E-state index contributed by atoms with van der Waals surface area (Å²) >= 11 is 0. The minimum absolute atomic E-state index is 0.212. The first-order valence-electron chi connectivity index (χ1n) is 9.85. The molecule has 5 nitrogen and oxygen atoms in total. The number of aromatic nitrogens is 1. The van der Waals surface area contributed by atoms with Gasteiger partial charge in [-0.25, -0.2) is 0 Å². The van der Waals surface area contributed by atoms with Gasteiger partial charge in [0.2, 0.25) is 5.91 Å². The van der Waals surface area contributed by atoms with Crippen molar-refractivity contribution >= 4 is 23.0 Å². The molecule has 2 fully saturated rings. The van der Waals surface area contributed by atoms with E-state index in [4.69, 9.17) is 5.73 Å². The Morgan fingerprint density at radius 1 is 1.37 bits per heavy atom. The molecule has 0 bridgehead atoms. The van der Waals surface area contributed by atoms with Gasteiger partial charge in [-0.15, -0.1) is 0 Å². The molecule has 0 spiro atoms. The Hall–Kier alpha value is -2.27. The zero-order chi connectivity index (χ0) is 19.0. The molecule has 2 aliphatic rings. The number of hydrogen-bond acceptors (Lipinski definition) is 4. The van der Waals surface area contributed by atoms with Crippen molar-refractivity contribution in [1.29, 1.82) is 0 Å². The zero-order valence-corrected chi connectivity index (χ0v) is 16.2. The molecule has 1 amide bonds. The van der Waals surface area contributed by atoms with Gasteiger partial charge in [0.1, 0.15) is 0 Å². The highest BCUT2D eigenvalue weighted by molar-refractivity contribution is 5.99. The molecule has 1 aromatic carbocycles. The average molecular weight is 364 g/mol. The number of likely N-dealkylation sites (tertiary alicyclic amines) is 1. The standard InChI is InChI=1S/C22H28N4O/c1-15-10-17(14-26(13-15)20(27)11-22(23)7-8-22)18-6-5-16(12-24-2)21-19(18)4-3-9-25-21/h3-6,9,12,15,17H,7-8,10-11,13-14,23H2,1-2H3/b24-12-/t15-,17-/m0/s1. The van der Waals surface area contributed by atoms with Gasteiger partial charge in [0, 0.05) is 61.4 Å². The molecule has 2 aromatic rings. The predicted octanol–water partition coefficient (Wildman–Crippen LogP) is 3.12. The van der Waals surface area contributed by atoms with Gasteiger partial charge in [-0.1, -0.05) is 25.1 Å². The van der Waals surface area contributed by atoms with Crippen molar-refractivity contribution in [1.82, 2.24) is 9.88 Å². The van der Waals surface area contributed by atoms with Crippen LogP contribution in [0.3, 0.4) is 0 Å². The highest BCUT2D eigenvalue weighted by atomic mass is 16.2. The van der Waals surface area contributed by atoms with Crippen LogP contribution in [0.25, 0.3) is 10.9 Å². The molecule has 2 heterocycles. The summed E-state index contributed by atoms with van der Waals surface area (Å²) < 4.78 is 0. The molecule has 1 saturated carbocycles. The van der Waals surface area contributed by atoms with Gasteiger partial charge in [-0.05, 0) is 36.8 Å². The van der Waals surface area contributed by atoms with Crippen molar-refractivity contribution in [3.8, 4) is 0 Å². The zero-order valence-electron chi connectivity index (χ0n) is 16.2. The Kier molecular flexibility index (Phi) is 4.72. The number of nitrogens with zero attached hydrogens (tertiary/aromatic N) is 3. The third-order valence-corrected chi connectivity index (χ3v) is 5.95. The number of hydrogen-bond donors (Lipinski definition) is 1. The van der Waals surface area contributed by atoms with E-state index >= 15 is 0 Å². The maximum atomic E-state index is 12.8. The molecule has 142 valence electrons. The maximum Gasteiger partial charge on any atom is 0.224 e. The molecular formula is C22H28N4O. The quantitative estimate of drug-likeness (QED) is 0.847. The van der Waals surface area contributed by atoms with E-state index < -0.39 is 0 Å². The minimum atomic E-state index is -0.231. The van der Waals surface area contributed by atoms with Gasteiger partial charge in [0.25, 0.3) is 0 Å². The molecule has 2 atom stereocenters. The summed E-state index contributed by atoms with van der Waals surface area (Å²) in [7, 11) is 1.78. The van der Waals surface area contributed by atoms with Gasteiger partial charge >= 0.3 is 0 Å². The molecule has 0 radical (unpaired) electrons. The largest absolute Gasteiger partial charge is 0.342 e. The summed E-state index contributed by atoms with van der Waals surface area (Å²) in [6.07, 6.45) is 7.21. The predicted molar refractivity (Wildman–Crippen MR) is 109 cm³/mol. The van der Waals surface area contributed by atoms with Crippen LogP contribution in [0, 0.1) is 5.92 Å². The van der Waals surface area contributed by atoms with Crippen molar-refractivity contribution in [3.63, 3.8) is 0 Å². The van der Waals surface area contributed by atoms with E-state index in [1.54, 1.807) is 7.05 Å². The van der Waals surface area contributed by atoms with Crippen LogP contribution in [-0.2, 0) is 4.79 Å². The van der Waals surface area contributed by atoms with Crippen LogP contribution in [0.5, 0.6) is 0 Å². The highest BCUT2D eigenvalue weighted by Crippen LogP contribution is 2.38. The molecule has 4 rings (SSSR count). The minimum Gasteiger partial charge on any atom is -0.342 e. The second-order valence-electron chi connectivity index (χ2n) is 8.41. The lowest BCUT2D eigenvalue weighted by Gasteiger charge is -2.37. The second kappa shape index (κ2) is 7.04. The topological polar surface area (TPSA) is 71.6 Å². The average Bonchev–Trinajstić information content (AvgIpc) is 3.38. The Bertz CT molecular complexity index is 887.